The molecule has 2 aromatic carbocycles. The highest BCUT2D eigenvalue weighted by atomic mass is 35.5. The second-order valence-electron chi connectivity index (χ2n) is 5.36. The fourth-order valence-corrected chi connectivity index (χ4v) is 2.88. The Bertz CT molecular complexity index is 672. The van der Waals surface area contributed by atoms with Gasteiger partial charge < -0.3 is 15.2 Å². The summed E-state index contributed by atoms with van der Waals surface area (Å²) in [5.41, 5.74) is 9.70. The number of halogens is 1. The summed E-state index contributed by atoms with van der Waals surface area (Å²) in [7, 11) is 1.66. The van der Waals surface area contributed by atoms with Crippen LogP contribution in [0.4, 0.5) is 0 Å². The van der Waals surface area contributed by atoms with Crippen molar-refractivity contribution in [2.24, 2.45) is 5.73 Å². The van der Waals surface area contributed by atoms with Crippen LogP contribution in [0.5, 0.6) is 11.5 Å². The minimum Gasteiger partial charge on any atom is -0.497 e. The normalized spacial score (nSPS) is 20.2. The van der Waals surface area contributed by atoms with E-state index in [0.717, 1.165) is 29.0 Å². The third kappa shape index (κ3) is 2.71. The highest BCUT2D eigenvalue weighted by molar-refractivity contribution is 6.30. The van der Waals surface area contributed by atoms with E-state index in [-0.39, 0.29) is 12.1 Å². The average molecular weight is 304 g/mol. The quantitative estimate of drug-likeness (QED) is 0.941. The zero-order chi connectivity index (χ0) is 15.0. The molecule has 110 valence electrons. The Balaban J connectivity index is 1.84. The van der Waals surface area contributed by atoms with Crippen LogP contribution in [0, 0.1) is 6.92 Å². The first kappa shape index (κ1) is 14.2. The summed E-state index contributed by atoms with van der Waals surface area (Å²) in [6.45, 7) is 2.00. The Hall–Kier alpha value is -1.71. The standard InChI is InChI=1S/C17H18ClNO2/c1-10-3-5-12(18)8-15(10)21-16-7-11-4-6-13(20-2)9-14(11)17(16)19/h3-6,8-9,16-17H,7,19H2,1-2H3. The Morgan fingerprint density at radius 3 is 2.76 bits per heavy atom. The van der Waals surface area contributed by atoms with E-state index in [1.165, 1.54) is 5.56 Å². The molecule has 0 fully saturated rings. The highest BCUT2D eigenvalue weighted by Crippen LogP contribution is 2.36. The van der Waals surface area contributed by atoms with Crippen LogP contribution in [-0.4, -0.2) is 13.2 Å². The zero-order valence-corrected chi connectivity index (χ0v) is 12.9. The molecule has 0 spiro atoms. The molecule has 0 aliphatic heterocycles. The lowest BCUT2D eigenvalue weighted by molar-refractivity contribution is 0.184. The van der Waals surface area contributed by atoms with Gasteiger partial charge in [-0.15, -0.1) is 0 Å². The van der Waals surface area contributed by atoms with Crippen LogP contribution >= 0.6 is 11.6 Å². The molecule has 2 atom stereocenters. The lowest BCUT2D eigenvalue weighted by atomic mass is 10.1. The maximum atomic E-state index is 6.34. The van der Waals surface area contributed by atoms with Gasteiger partial charge in [-0.05, 0) is 47.9 Å². The van der Waals surface area contributed by atoms with Crippen LogP contribution in [0.2, 0.25) is 5.02 Å². The summed E-state index contributed by atoms with van der Waals surface area (Å²) in [5.74, 6) is 1.62. The monoisotopic (exact) mass is 303 g/mol. The number of hydrogen-bond donors (Lipinski definition) is 1. The average Bonchev–Trinajstić information content (AvgIpc) is 2.79. The molecule has 2 unspecified atom stereocenters. The van der Waals surface area contributed by atoms with Crippen LogP contribution in [0.3, 0.4) is 0 Å². The first-order chi connectivity index (χ1) is 10.1. The van der Waals surface area contributed by atoms with Crippen LogP contribution < -0.4 is 15.2 Å². The molecule has 3 rings (SSSR count). The van der Waals surface area contributed by atoms with Gasteiger partial charge in [0.1, 0.15) is 17.6 Å². The molecule has 0 radical (unpaired) electrons. The van der Waals surface area contributed by atoms with Gasteiger partial charge >= 0.3 is 0 Å². The van der Waals surface area contributed by atoms with Crippen molar-refractivity contribution in [1.82, 2.24) is 0 Å². The van der Waals surface area contributed by atoms with Crippen LogP contribution in [0.25, 0.3) is 0 Å². The van der Waals surface area contributed by atoms with Gasteiger partial charge in [-0.2, -0.15) is 0 Å². The van der Waals surface area contributed by atoms with Crippen molar-refractivity contribution in [1.29, 1.82) is 0 Å². The van der Waals surface area contributed by atoms with Crippen molar-refractivity contribution >= 4 is 11.6 Å². The third-order valence-electron chi connectivity index (χ3n) is 3.96. The lowest BCUT2D eigenvalue weighted by Crippen LogP contribution is -2.28. The molecule has 1 aliphatic rings. The van der Waals surface area contributed by atoms with E-state index in [9.17, 15) is 0 Å². The van der Waals surface area contributed by atoms with Crippen molar-refractivity contribution in [2.45, 2.75) is 25.5 Å². The van der Waals surface area contributed by atoms with Gasteiger partial charge in [0.2, 0.25) is 0 Å². The molecule has 0 heterocycles. The van der Waals surface area contributed by atoms with E-state index in [1.807, 2.05) is 37.3 Å². The summed E-state index contributed by atoms with van der Waals surface area (Å²) < 4.78 is 11.4. The van der Waals surface area contributed by atoms with Gasteiger partial charge in [-0.1, -0.05) is 23.7 Å². The van der Waals surface area contributed by atoms with E-state index < -0.39 is 0 Å². The molecule has 21 heavy (non-hydrogen) atoms. The van der Waals surface area contributed by atoms with E-state index in [1.54, 1.807) is 7.11 Å². The minimum atomic E-state index is -0.159. The summed E-state index contributed by atoms with van der Waals surface area (Å²) in [6.07, 6.45) is 0.719. The molecule has 1 aliphatic carbocycles. The topological polar surface area (TPSA) is 44.5 Å². The number of rotatable bonds is 3. The molecule has 0 bridgehead atoms. The number of benzene rings is 2. The number of aryl methyl sites for hydroxylation is 1. The summed E-state index contributed by atoms with van der Waals surface area (Å²) in [5, 5.41) is 0.668. The van der Waals surface area contributed by atoms with Gasteiger partial charge in [-0.3, -0.25) is 0 Å². The Morgan fingerprint density at radius 2 is 2.00 bits per heavy atom. The molecule has 4 heteroatoms. The number of ether oxygens (including phenoxy) is 2. The molecule has 2 aromatic rings. The molecule has 0 aromatic heterocycles. The maximum absolute atomic E-state index is 6.34. The molecule has 0 amide bonds. The van der Waals surface area contributed by atoms with Gasteiger partial charge in [-0.25, -0.2) is 0 Å². The highest BCUT2D eigenvalue weighted by Gasteiger charge is 2.32. The van der Waals surface area contributed by atoms with E-state index in [0.29, 0.717) is 5.02 Å². The third-order valence-corrected chi connectivity index (χ3v) is 4.20. The van der Waals surface area contributed by atoms with Crippen LogP contribution in [-0.2, 0) is 6.42 Å². The Labute approximate surface area is 129 Å². The smallest absolute Gasteiger partial charge is 0.124 e. The molecule has 0 saturated carbocycles. The number of methoxy groups -OCH3 is 1. The number of fused-ring (bicyclic) bond motifs is 1. The first-order valence-electron chi connectivity index (χ1n) is 6.93. The predicted molar refractivity (Wildman–Crippen MR) is 84.2 cm³/mol. The summed E-state index contributed by atoms with van der Waals surface area (Å²) in [4.78, 5) is 0. The second kappa shape index (κ2) is 5.58. The Kier molecular flexibility index (Phi) is 3.79. The SMILES string of the molecule is COc1ccc2c(c1)C(N)C(Oc1cc(Cl)ccc1C)C2. The van der Waals surface area contributed by atoms with E-state index in [2.05, 4.69) is 6.07 Å². The van der Waals surface area contributed by atoms with Gasteiger partial charge in [0.05, 0.1) is 13.2 Å². The number of nitrogens with two attached hydrogens (primary N) is 1. The van der Waals surface area contributed by atoms with Crippen molar-refractivity contribution in [3.63, 3.8) is 0 Å². The first-order valence-corrected chi connectivity index (χ1v) is 7.31. The molecular formula is C17H18ClNO2. The van der Waals surface area contributed by atoms with Gasteiger partial charge in [0, 0.05) is 11.4 Å². The largest absolute Gasteiger partial charge is 0.497 e. The minimum absolute atomic E-state index is 0.0794. The van der Waals surface area contributed by atoms with E-state index in [4.69, 9.17) is 26.8 Å². The predicted octanol–water partition coefficient (Wildman–Crippen LogP) is 3.66. The van der Waals surface area contributed by atoms with Crippen molar-refractivity contribution in [3.8, 4) is 11.5 Å². The Morgan fingerprint density at radius 1 is 1.19 bits per heavy atom. The van der Waals surface area contributed by atoms with Crippen molar-refractivity contribution in [3.05, 3.63) is 58.1 Å². The van der Waals surface area contributed by atoms with Gasteiger partial charge in [0.15, 0.2) is 0 Å². The zero-order valence-electron chi connectivity index (χ0n) is 12.1. The summed E-state index contributed by atoms with van der Waals surface area (Å²) in [6, 6.07) is 11.5. The fourth-order valence-electron chi connectivity index (χ4n) is 2.72. The molecule has 3 nitrogen and oxygen atoms in total. The van der Waals surface area contributed by atoms with E-state index >= 15 is 0 Å². The molecule has 0 saturated heterocycles. The number of hydrogen-bond acceptors (Lipinski definition) is 3. The van der Waals surface area contributed by atoms with Crippen LogP contribution in [0.1, 0.15) is 22.7 Å². The maximum Gasteiger partial charge on any atom is 0.124 e. The van der Waals surface area contributed by atoms with Gasteiger partial charge in [0.25, 0.3) is 0 Å². The van der Waals surface area contributed by atoms with Crippen LogP contribution in [0.15, 0.2) is 36.4 Å². The second-order valence-corrected chi connectivity index (χ2v) is 5.80. The molecular weight excluding hydrogens is 286 g/mol. The fraction of sp³-hybridized carbons (Fsp3) is 0.294. The summed E-state index contributed by atoms with van der Waals surface area (Å²) >= 11 is 6.04. The molecule has 2 N–H and O–H groups in total. The lowest BCUT2D eigenvalue weighted by Gasteiger charge is -2.20. The van der Waals surface area contributed by atoms with Crippen molar-refractivity contribution < 1.29 is 9.47 Å². The van der Waals surface area contributed by atoms with Crippen molar-refractivity contribution in [2.75, 3.05) is 7.11 Å².